The Morgan fingerprint density at radius 3 is 2.81 bits per heavy atom. The summed E-state index contributed by atoms with van der Waals surface area (Å²) in [5, 5.41) is 3.56. The van der Waals surface area contributed by atoms with Gasteiger partial charge in [-0.1, -0.05) is 6.07 Å². The van der Waals surface area contributed by atoms with Crippen LogP contribution < -0.4 is 5.32 Å². The van der Waals surface area contributed by atoms with E-state index in [0.29, 0.717) is 12.1 Å². The third kappa shape index (κ3) is 1.31. The van der Waals surface area contributed by atoms with Crippen LogP contribution in [0.5, 0.6) is 0 Å². The Hall–Kier alpha value is -1.51. The molecule has 1 aromatic heterocycles. The molecule has 4 rings (SSSR count). The maximum atomic E-state index is 4.56. The molecule has 2 aliphatic rings. The fourth-order valence-electron chi connectivity index (χ4n) is 2.27. The molecule has 2 fully saturated rings. The zero-order valence-corrected chi connectivity index (χ0v) is 9.19. The largest absolute Gasteiger partial charge is 0.381 e. The zero-order chi connectivity index (χ0) is 10.5. The monoisotopic (exact) mass is 213 g/mol. The van der Waals surface area contributed by atoms with Gasteiger partial charge >= 0.3 is 0 Å². The normalized spacial score (nSPS) is 20.2. The van der Waals surface area contributed by atoms with Gasteiger partial charge in [-0.25, -0.2) is 4.98 Å². The minimum Gasteiger partial charge on any atom is -0.381 e. The number of aromatic nitrogens is 2. The van der Waals surface area contributed by atoms with Gasteiger partial charge in [0.1, 0.15) is 5.52 Å². The molecule has 0 atom stereocenters. The quantitative estimate of drug-likeness (QED) is 0.849. The Kier molecular flexibility index (Phi) is 1.62. The van der Waals surface area contributed by atoms with E-state index in [2.05, 4.69) is 33.1 Å². The highest BCUT2D eigenvalue weighted by Gasteiger charge is 2.26. The topological polar surface area (TPSA) is 29.9 Å². The predicted octanol–water partition coefficient (Wildman–Crippen LogP) is 2.95. The summed E-state index contributed by atoms with van der Waals surface area (Å²) in [6.45, 7) is 0. The summed E-state index contributed by atoms with van der Waals surface area (Å²) < 4.78 is 2.33. The van der Waals surface area contributed by atoms with E-state index in [1.54, 1.807) is 0 Å². The number of nitrogens with zero attached hydrogens (tertiary/aromatic N) is 2. The van der Waals surface area contributed by atoms with Crippen LogP contribution in [-0.4, -0.2) is 15.6 Å². The van der Waals surface area contributed by atoms with Crippen LogP contribution >= 0.6 is 0 Å². The molecule has 0 aliphatic heterocycles. The van der Waals surface area contributed by atoms with Crippen molar-refractivity contribution in [3.63, 3.8) is 0 Å². The molecular weight excluding hydrogens is 198 g/mol. The molecule has 1 heterocycles. The first-order chi connectivity index (χ1) is 7.92. The van der Waals surface area contributed by atoms with Crippen LogP contribution in [0.25, 0.3) is 11.0 Å². The second-order valence-electron chi connectivity index (χ2n) is 4.97. The van der Waals surface area contributed by atoms with Gasteiger partial charge in [0.05, 0.1) is 17.5 Å². The summed E-state index contributed by atoms with van der Waals surface area (Å²) in [6.07, 6.45) is 7.23. The lowest BCUT2D eigenvalue weighted by molar-refractivity contribution is 0.766. The maximum Gasteiger partial charge on any atom is 0.112 e. The minimum atomic E-state index is 0.691. The van der Waals surface area contributed by atoms with Crippen LogP contribution in [-0.2, 0) is 0 Å². The van der Waals surface area contributed by atoms with Crippen LogP contribution in [0, 0.1) is 0 Å². The molecule has 16 heavy (non-hydrogen) atoms. The van der Waals surface area contributed by atoms with E-state index in [1.165, 1.54) is 36.9 Å². The molecule has 0 bridgehead atoms. The first-order valence-corrected chi connectivity index (χ1v) is 6.14. The molecule has 0 unspecified atom stereocenters. The van der Waals surface area contributed by atoms with Crippen molar-refractivity contribution in [3.05, 3.63) is 24.5 Å². The van der Waals surface area contributed by atoms with Gasteiger partial charge in [-0.2, -0.15) is 0 Å². The third-order valence-corrected chi connectivity index (χ3v) is 3.48. The number of fused-ring (bicyclic) bond motifs is 1. The Morgan fingerprint density at radius 1 is 1.19 bits per heavy atom. The summed E-state index contributed by atoms with van der Waals surface area (Å²) in [5.41, 5.74) is 3.63. The maximum absolute atomic E-state index is 4.56. The van der Waals surface area contributed by atoms with Crippen LogP contribution in [0.15, 0.2) is 24.5 Å². The highest BCUT2D eigenvalue weighted by molar-refractivity contribution is 5.88. The van der Waals surface area contributed by atoms with Crippen molar-refractivity contribution in [2.45, 2.75) is 37.8 Å². The van der Waals surface area contributed by atoms with Crippen molar-refractivity contribution in [1.29, 1.82) is 0 Å². The molecule has 2 saturated carbocycles. The lowest BCUT2D eigenvalue weighted by Crippen LogP contribution is -2.01. The first kappa shape index (κ1) is 8.62. The number of para-hydroxylation sites is 1. The van der Waals surface area contributed by atoms with E-state index in [0.717, 1.165) is 5.52 Å². The SMILES string of the molecule is c1cc(NC2CC2)c2ncn(C3CC3)c2c1. The van der Waals surface area contributed by atoms with Crippen molar-refractivity contribution in [3.8, 4) is 0 Å². The van der Waals surface area contributed by atoms with Gasteiger partial charge in [-0.15, -0.1) is 0 Å². The molecule has 2 aromatic rings. The zero-order valence-electron chi connectivity index (χ0n) is 9.19. The minimum absolute atomic E-state index is 0.691. The van der Waals surface area contributed by atoms with E-state index in [-0.39, 0.29) is 0 Å². The van der Waals surface area contributed by atoms with Gasteiger partial charge < -0.3 is 9.88 Å². The van der Waals surface area contributed by atoms with Gasteiger partial charge in [0, 0.05) is 12.1 Å². The number of hydrogen-bond donors (Lipinski definition) is 1. The number of nitrogens with one attached hydrogen (secondary N) is 1. The van der Waals surface area contributed by atoms with Gasteiger partial charge in [0.2, 0.25) is 0 Å². The Bertz CT molecular complexity index is 535. The third-order valence-electron chi connectivity index (χ3n) is 3.48. The van der Waals surface area contributed by atoms with Crippen LogP contribution in [0.2, 0.25) is 0 Å². The summed E-state index contributed by atoms with van der Waals surface area (Å²) >= 11 is 0. The molecule has 3 heteroatoms. The lowest BCUT2D eigenvalue weighted by atomic mass is 10.2. The smallest absolute Gasteiger partial charge is 0.112 e. The summed E-state index contributed by atoms with van der Waals surface area (Å²) in [4.78, 5) is 4.56. The summed E-state index contributed by atoms with van der Waals surface area (Å²) in [5.74, 6) is 0. The molecule has 1 N–H and O–H groups in total. The molecule has 0 spiro atoms. The van der Waals surface area contributed by atoms with Crippen molar-refractivity contribution in [2.75, 3.05) is 5.32 Å². The number of rotatable bonds is 3. The van der Waals surface area contributed by atoms with Crippen LogP contribution in [0.3, 0.4) is 0 Å². The molecule has 82 valence electrons. The number of benzene rings is 1. The molecule has 2 aliphatic carbocycles. The second kappa shape index (κ2) is 3.00. The highest BCUT2D eigenvalue weighted by atomic mass is 15.1. The fraction of sp³-hybridized carbons (Fsp3) is 0.462. The number of imidazole rings is 1. The molecule has 0 amide bonds. The lowest BCUT2D eigenvalue weighted by Gasteiger charge is -2.06. The molecule has 1 aromatic carbocycles. The molecule has 0 saturated heterocycles. The van der Waals surface area contributed by atoms with Crippen LogP contribution in [0.1, 0.15) is 31.7 Å². The van der Waals surface area contributed by atoms with Crippen molar-refractivity contribution < 1.29 is 0 Å². The van der Waals surface area contributed by atoms with Gasteiger partial charge in [0.25, 0.3) is 0 Å². The predicted molar refractivity (Wildman–Crippen MR) is 64.6 cm³/mol. The molecule has 0 radical (unpaired) electrons. The van der Waals surface area contributed by atoms with Gasteiger partial charge in [0.15, 0.2) is 0 Å². The van der Waals surface area contributed by atoms with Crippen molar-refractivity contribution in [1.82, 2.24) is 9.55 Å². The standard InChI is InChI=1S/C13H15N3/c1-2-11(15-9-4-5-9)13-12(3-1)16(8-14-13)10-6-7-10/h1-3,8-10,15H,4-7H2. The van der Waals surface area contributed by atoms with Crippen LogP contribution in [0.4, 0.5) is 5.69 Å². The highest BCUT2D eigenvalue weighted by Crippen LogP contribution is 2.38. The van der Waals surface area contributed by atoms with Crippen molar-refractivity contribution >= 4 is 16.7 Å². The van der Waals surface area contributed by atoms with E-state index >= 15 is 0 Å². The van der Waals surface area contributed by atoms with E-state index in [1.807, 2.05) is 6.33 Å². The van der Waals surface area contributed by atoms with Gasteiger partial charge in [-0.05, 0) is 37.8 Å². The number of hydrogen-bond acceptors (Lipinski definition) is 2. The fourth-order valence-corrected chi connectivity index (χ4v) is 2.27. The number of anilines is 1. The average molecular weight is 213 g/mol. The Morgan fingerprint density at radius 2 is 2.06 bits per heavy atom. The van der Waals surface area contributed by atoms with E-state index < -0.39 is 0 Å². The second-order valence-corrected chi connectivity index (χ2v) is 4.97. The first-order valence-electron chi connectivity index (χ1n) is 6.14. The van der Waals surface area contributed by atoms with E-state index in [9.17, 15) is 0 Å². The summed E-state index contributed by atoms with van der Waals surface area (Å²) in [6, 6.07) is 7.86. The Labute approximate surface area is 94.5 Å². The molecule has 3 nitrogen and oxygen atoms in total. The van der Waals surface area contributed by atoms with Gasteiger partial charge in [-0.3, -0.25) is 0 Å². The summed E-state index contributed by atoms with van der Waals surface area (Å²) in [7, 11) is 0. The molecular formula is C13H15N3. The van der Waals surface area contributed by atoms with Crippen molar-refractivity contribution in [2.24, 2.45) is 0 Å². The van der Waals surface area contributed by atoms with E-state index in [4.69, 9.17) is 0 Å². The Balaban J connectivity index is 1.83. The average Bonchev–Trinajstić information content (AvgIpc) is 3.20.